The number of benzene rings is 8. The summed E-state index contributed by atoms with van der Waals surface area (Å²) in [6, 6.07) is 62.0. The molecule has 11 rings (SSSR count). The van der Waals surface area contributed by atoms with E-state index < -0.39 is 0 Å². The number of hydrogen-bond donors (Lipinski definition) is 0. The second-order valence-electron chi connectivity index (χ2n) is 13.9. The molecule has 0 radical (unpaired) electrons. The Morgan fingerprint density at radius 1 is 0.527 bits per heavy atom. The minimum Gasteiger partial charge on any atom is -0.309 e. The van der Waals surface area contributed by atoms with E-state index in [1.54, 1.807) is 18.2 Å². The summed E-state index contributed by atoms with van der Waals surface area (Å²) < 4.78 is 7.37. The molecule has 0 N–H and O–H groups in total. The predicted octanol–water partition coefficient (Wildman–Crippen LogP) is 14.0. The van der Waals surface area contributed by atoms with Gasteiger partial charge in [0.25, 0.3) is 0 Å². The number of thiophene rings is 1. The molecule has 55 heavy (non-hydrogen) atoms. The van der Waals surface area contributed by atoms with E-state index in [-0.39, 0.29) is 0 Å². The van der Waals surface area contributed by atoms with Gasteiger partial charge in [0.15, 0.2) is 5.69 Å². The van der Waals surface area contributed by atoms with Gasteiger partial charge in [0.05, 0.1) is 40.4 Å². The molecule has 5 heteroatoms. The highest BCUT2D eigenvalue weighted by Crippen LogP contribution is 2.45. The Hall–Kier alpha value is -7.44. The number of nitrogens with zero attached hydrogens (tertiary/aromatic N) is 4. The van der Waals surface area contributed by atoms with E-state index in [1.807, 2.05) is 23.5 Å². The molecule has 0 atom stereocenters. The van der Waals surface area contributed by atoms with Crippen molar-refractivity contribution in [1.82, 2.24) is 9.13 Å². The van der Waals surface area contributed by atoms with Crippen molar-refractivity contribution in [1.29, 1.82) is 5.26 Å². The highest BCUT2D eigenvalue weighted by atomic mass is 32.1. The van der Waals surface area contributed by atoms with Crippen LogP contribution in [0.1, 0.15) is 5.56 Å². The van der Waals surface area contributed by atoms with Crippen molar-refractivity contribution in [2.24, 2.45) is 0 Å². The maximum Gasteiger partial charge on any atom is 0.196 e. The van der Waals surface area contributed by atoms with Crippen molar-refractivity contribution in [3.63, 3.8) is 0 Å². The molecule has 0 spiro atoms. The molecular weight excluding hydrogens is 689 g/mol. The van der Waals surface area contributed by atoms with Crippen LogP contribution in [0.25, 0.3) is 102 Å². The van der Waals surface area contributed by atoms with Crippen molar-refractivity contribution in [2.45, 2.75) is 0 Å². The van der Waals surface area contributed by atoms with E-state index in [2.05, 4.69) is 160 Å². The van der Waals surface area contributed by atoms with E-state index in [4.69, 9.17) is 6.57 Å². The SMILES string of the molecule is [C-]#[N+]c1cccc(C#N)c1-c1cccc(-c2ccc(-n3c4ccccc4c4ccccc43)cc2-n2c3ccccc3c3c4sc5ccccc5c4ccc32)c1. The summed E-state index contributed by atoms with van der Waals surface area (Å²) in [6.45, 7) is 7.92. The fourth-order valence-electron chi connectivity index (χ4n) is 8.66. The van der Waals surface area contributed by atoms with Gasteiger partial charge in [-0.15, -0.1) is 11.3 Å². The van der Waals surface area contributed by atoms with Crippen LogP contribution in [0.5, 0.6) is 0 Å². The maximum atomic E-state index is 10.1. The van der Waals surface area contributed by atoms with Gasteiger partial charge >= 0.3 is 0 Å². The van der Waals surface area contributed by atoms with E-state index in [9.17, 15) is 5.26 Å². The Labute approximate surface area is 320 Å². The smallest absolute Gasteiger partial charge is 0.196 e. The molecule has 0 aliphatic carbocycles. The lowest BCUT2D eigenvalue weighted by Gasteiger charge is -2.18. The van der Waals surface area contributed by atoms with Crippen LogP contribution in [0, 0.1) is 17.9 Å². The lowest BCUT2D eigenvalue weighted by Crippen LogP contribution is -2.01. The molecule has 4 nitrogen and oxygen atoms in total. The van der Waals surface area contributed by atoms with Crippen LogP contribution in [0.15, 0.2) is 170 Å². The number of rotatable bonds is 4. The Morgan fingerprint density at radius 3 is 1.93 bits per heavy atom. The number of aromatic nitrogens is 2. The van der Waals surface area contributed by atoms with Gasteiger partial charge in [-0.05, 0) is 65.7 Å². The van der Waals surface area contributed by atoms with Crippen LogP contribution in [0.3, 0.4) is 0 Å². The van der Waals surface area contributed by atoms with Gasteiger partial charge in [-0.3, -0.25) is 0 Å². The van der Waals surface area contributed by atoms with Crippen molar-refractivity contribution in [3.8, 4) is 39.7 Å². The van der Waals surface area contributed by atoms with Crippen LogP contribution in [-0.2, 0) is 0 Å². The monoisotopic (exact) mass is 716 g/mol. The van der Waals surface area contributed by atoms with Crippen LogP contribution in [-0.4, -0.2) is 9.13 Å². The minimum absolute atomic E-state index is 0.466. The fraction of sp³-hybridized carbons (Fsp3) is 0. The molecule has 0 bridgehead atoms. The van der Waals surface area contributed by atoms with E-state index >= 15 is 0 Å². The van der Waals surface area contributed by atoms with Gasteiger partial charge in [-0.25, -0.2) is 4.85 Å². The highest BCUT2D eigenvalue weighted by Gasteiger charge is 2.22. The highest BCUT2D eigenvalue weighted by molar-refractivity contribution is 7.26. The standard InChI is InChI=1S/C50H28N4S/c1-52-41-19-11-14-33(30-51)48(41)32-13-10-12-31(28-32)35-25-24-34(53-42-20-6-2-15-36(42)37-16-3-7-21-43(37)53)29-46(35)54-44-22-8-4-18-40(44)49-45(54)27-26-39-38-17-5-9-23-47(38)55-50(39)49/h2-29H. The summed E-state index contributed by atoms with van der Waals surface area (Å²) in [6.07, 6.45) is 0. The Kier molecular flexibility index (Phi) is 6.82. The molecule has 0 aliphatic rings. The molecule has 0 saturated heterocycles. The van der Waals surface area contributed by atoms with E-state index in [0.29, 0.717) is 16.8 Å². The van der Waals surface area contributed by atoms with Gasteiger partial charge in [0.2, 0.25) is 0 Å². The Balaban J connectivity index is 1.25. The van der Waals surface area contributed by atoms with Gasteiger partial charge in [-0.1, -0.05) is 115 Å². The predicted molar refractivity (Wildman–Crippen MR) is 230 cm³/mol. The minimum atomic E-state index is 0.466. The van der Waals surface area contributed by atoms with Gasteiger partial charge < -0.3 is 9.13 Å². The van der Waals surface area contributed by atoms with Crippen LogP contribution >= 0.6 is 11.3 Å². The van der Waals surface area contributed by atoms with E-state index in [1.165, 1.54) is 41.7 Å². The third-order valence-corrected chi connectivity index (χ3v) is 12.2. The van der Waals surface area contributed by atoms with Crippen molar-refractivity contribution in [3.05, 3.63) is 187 Å². The van der Waals surface area contributed by atoms with Gasteiger partial charge in [0, 0.05) is 64.1 Å². The van der Waals surface area contributed by atoms with Crippen molar-refractivity contribution >= 4 is 80.8 Å². The molecule has 0 saturated carbocycles. The van der Waals surface area contributed by atoms with Gasteiger partial charge in [0.1, 0.15) is 0 Å². The zero-order valence-electron chi connectivity index (χ0n) is 29.4. The lowest BCUT2D eigenvalue weighted by atomic mass is 9.94. The van der Waals surface area contributed by atoms with E-state index in [0.717, 1.165) is 50.1 Å². The normalized spacial score (nSPS) is 11.6. The quantitative estimate of drug-likeness (QED) is 0.167. The summed E-state index contributed by atoms with van der Waals surface area (Å²) >= 11 is 1.86. The zero-order valence-corrected chi connectivity index (χ0v) is 30.2. The molecule has 0 aliphatic heterocycles. The molecule has 3 aromatic heterocycles. The molecule has 254 valence electrons. The first kappa shape index (κ1) is 31.1. The first-order valence-corrected chi connectivity index (χ1v) is 19.0. The van der Waals surface area contributed by atoms with Crippen LogP contribution in [0.2, 0.25) is 0 Å². The first-order chi connectivity index (χ1) is 27.2. The van der Waals surface area contributed by atoms with Crippen LogP contribution in [0.4, 0.5) is 5.69 Å². The van der Waals surface area contributed by atoms with Crippen molar-refractivity contribution < 1.29 is 0 Å². The summed E-state index contributed by atoms with van der Waals surface area (Å²) in [5.41, 5.74) is 11.2. The second kappa shape index (κ2) is 12.0. The largest absolute Gasteiger partial charge is 0.309 e. The third kappa shape index (κ3) is 4.55. The molecule has 0 amide bonds. The summed E-state index contributed by atoms with van der Waals surface area (Å²) in [5, 5.41) is 17.5. The average molecular weight is 717 g/mol. The Morgan fingerprint density at radius 2 is 1.18 bits per heavy atom. The average Bonchev–Trinajstić information content (AvgIpc) is 3.91. The third-order valence-electron chi connectivity index (χ3n) is 11.0. The molecule has 8 aromatic carbocycles. The summed E-state index contributed by atoms with van der Waals surface area (Å²) in [7, 11) is 0. The lowest BCUT2D eigenvalue weighted by molar-refractivity contribution is 1.14. The maximum absolute atomic E-state index is 10.1. The van der Waals surface area contributed by atoms with Crippen LogP contribution < -0.4 is 0 Å². The molecular formula is C50H28N4S. The number of para-hydroxylation sites is 3. The van der Waals surface area contributed by atoms with Gasteiger partial charge in [-0.2, -0.15) is 5.26 Å². The number of hydrogen-bond acceptors (Lipinski definition) is 2. The first-order valence-electron chi connectivity index (χ1n) is 18.2. The summed E-state index contributed by atoms with van der Waals surface area (Å²) in [4.78, 5) is 3.81. The molecule has 0 fully saturated rings. The molecule has 11 aromatic rings. The topological polar surface area (TPSA) is 38.0 Å². The second-order valence-corrected chi connectivity index (χ2v) is 14.9. The fourth-order valence-corrected chi connectivity index (χ4v) is 9.91. The molecule has 0 unspecified atom stereocenters. The zero-order chi connectivity index (χ0) is 36.6. The Bertz CT molecular complexity index is 3390. The summed E-state index contributed by atoms with van der Waals surface area (Å²) in [5.74, 6) is 0. The number of fused-ring (bicyclic) bond motifs is 10. The molecule has 3 heterocycles. The van der Waals surface area contributed by atoms with Crippen molar-refractivity contribution in [2.75, 3.05) is 0 Å². The number of nitriles is 1.